The van der Waals surface area contributed by atoms with Crippen LogP contribution >= 0.6 is 0 Å². The van der Waals surface area contributed by atoms with E-state index in [-0.39, 0.29) is 31.5 Å². The van der Waals surface area contributed by atoms with E-state index in [1.807, 2.05) is 0 Å². The van der Waals surface area contributed by atoms with Gasteiger partial charge in [0, 0.05) is 25.7 Å². The second-order valence-electron chi connectivity index (χ2n) is 5.60. The van der Waals surface area contributed by atoms with Crippen LogP contribution in [0.3, 0.4) is 0 Å². The molecule has 0 unspecified atom stereocenters. The Labute approximate surface area is 138 Å². The topological polar surface area (TPSA) is 83.6 Å². The molecule has 0 atom stereocenters. The summed E-state index contributed by atoms with van der Waals surface area (Å²) in [5.41, 5.74) is 0.0144. The molecule has 1 aromatic rings. The number of halogens is 2. The van der Waals surface area contributed by atoms with E-state index in [0.717, 1.165) is 12.1 Å². The van der Waals surface area contributed by atoms with Crippen LogP contribution in [0, 0.1) is 11.6 Å². The lowest BCUT2D eigenvalue weighted by molar-refractivity contribution is -0.118. The van der Waals surface area contributed by atoms with Crippen molar-refractivity contribution in [3.8, 4) is 0 Å². The quantitative estimate of drug-likeness (QED) is 0.858. The predicted molar refractivity (Wildman–Crippen MR) is 83.1 cm³/mol. The molecule has 0 radical (unpaired) electrons. The molecule has 1 heterocycles. The van der Waals surface area contributed by atoms with Gasteiger partial charge in [0.25, 0.3) is 5.91 Å². The van der Waals surface area contributed by atoms with Gasteiger partial charge in [-0.25, -0.2) is 17.2 Å². The number of amides is 2. The number of carbonyl (C=O) groups is 2. The van der Waals surface area contributed by atoms with E-state index in [1.54, 1.807) is 0 Å². The van der Waals surface area contributed by atoms with Crippen molar-refractivity contribution in [2.45, 2.75) is 18.1 Å². The Morgan fingerprint density at radius 3 is 2.38 bits per heavy atom. The van der Waals surface area contributed by atoms with Crippen LogP contribution in [0.15, 0.2) is 18.2 Å². The zero-order valence-electron chi connectivity index (χ0n) is 13.1. The van der Waals surface area contributed by atoms with Crippen LogP contribution in [0.4, 0.5) is 8.78 Å². The van der Waals surface area contributed by atoms with Gasteiger partial charge >= 0.3 is 0 Å². The number of nitrogens with one attached hydrogen (secondary N) is 1. The van der Waals surface area contributed by atoms with Gasteiger partial charge in [0.05, 0.1) is 5.25 Å². The fourth-order valence-corrected chi connectivity index (χ4v) is 4.28. The van der Waals surface area contributed by atoms with E-state index in [2.05, 4.69) is 5.32 Å². The summed E-state index contributed by atoms with van der Waals surface area (Å²) in [6.07, 6.45) is 0.406. The Hall–Kier alpha value is -2.03. The lowest BCUT2D eigenvalue weighted by atomic mass is 10.1. The normalized spacial score (nSPS) is 16.0. The highest BCUT2D eigenvalue weighted by Crippen LogP contribution is 2.21. The van der Waals surface area contributed by atoms with Gasteiger partial charge in [-0.05, 0) is 31.0 Å². The van der Waals surface area contributed by atoms with Crippen LogP contribution in [-0.2, 0) is 14.6 Å². The van der Waals surface area contributed by atoms with E-state index < -0.39 is 44.3 Å². The van der Waals surface area contributed by atoms with Crippen LogP contribution in [0.2, 0.25) is 0 Å². The summed E-state index contributed by atoms with van der Waals surface area (Å²) in [5.74, 6) is -3.77. The number of likely N-dealkylation sites (tertiary alicyclic amines) is 1. The number of benzene rings is 1. The Bertz CT molecular complexity index is 744. The SMILES string of the molecule is CNC(=O)CS(=O)(=O)C1CCN(C(=O)c2ccc(F)c(F)c2)CC1. The van der Waals surface area contributed by atoms with Crippen molar-refractivity contribution in [3.05, 3.63) is 35.4 Å². The van der Waals surface area contributed by atoms with Crippen molar-refractivity contribution < 1.29 is 26.8 Å². The minimum Gasteiger partial charge on any atom is -0.358 e. The highest BCUT2D eigenvalue weighted by atomic mass is 32.2. The monoisotopic (exact) mass is 360 g/mol. The van der Waals surface area contributed by atoms with Gasteiger partial charge in [-0.3, -0.25) is 9.59 Å². The summed E-state index contributed by atoms with van der Waals surface area (Å²) < 4.78 is 50.4. The van der Waals surface area contributed by atoms with Gasteiger partial charge < -0.3 is 10.2 Å². The minimum absolute atomic E-state index is 0.0144. The number of rotatable bonds is 4. The summed E-state index contributed by atoms with van der Waals surface area (Å²) in [5, 5.41) is 1.58. The Morgan fingerprint density at radius 1 is 1.21 bits per heavy atom. The zero-order valence-corrected chi connectivity index (χ0v) is 13.9. The van der Waals surface area contributed by atoms with Crippen molar-refractivity contribution in [2.24, 2.45) is 0 Å². The first kappa shape index (κ1) is 18.3. The maximum atomic E-state index is 13.2. The molecule has 6 nitrogen and oxygen atoms in total. The molecule has 1 aliphatic heterocycles. The molecule has 0 spiro atoms. The van der Waals surface area contributed by atoms with Gasteiger partial charge in [-0.15, -0.1) is 0 Å². The Balaban J connectivity index is 2.00. The number of sulfone groups is 1. The molecule has 2 amide bonds. The number of carbonyl (C=O) groups excluding carboxylic acids is 2. The van der Waals surface area contributed by atoms with Crippen molar-refractivity contribution in [1.29, 1.82) is 0 Å². The molecule has 1 aromatic carbocycles. The van der Waals surface area contributed by atoms with E-state index in [4.69, 9.17) is 0 Å². The van der Waals surface area contributed by atoms with Crippen LogP contribution in [0.25, 0.3) is 0 Å². The summed E-state index contributed by atoms with van der Waals surface area (Å²) in [4.78, 5) is 24.9. The van der Waals surface area contributed by atoms with E-state index in [0.29, 0.717) is 0 Å². The van der Waals surface area contributed by atoms with Crippen molar-refractivity contribution in [3.63, 3.8) is 0 Å². The largest absolute Gasteiger partial charge is 0.358 e. The third-order valence-electron chi connectivity index (χ3n) is 4.01. The maximum Gasteiger partial charge on any atom is 0.253 e. The molecule has 0 saturated carbocycles. The molecule has 1 saturated heterocycles. The molecule has 2 rings (SSSR count). The molecular weight excluding hydrogens is 342 g/mol. The molecule has 24 heavy (non-hydrogen) atoms. The second kappa shape index (κ2) is 7.25. The molecule has 1 aliphatic rings. The lowest BCUT2D eigenvalue weighted by Gasteiger charge is -2.31. The van der Waals surface area contributed by atoms with Gasteiger partial charge in [0.2, 0.25) is 5.91 Å². The summed E-state index contributed by atoms with van der Waals surface area (Å²) in [6, 6.07) is 2.89. The highest BCUT2D eigenvalue weighted by molar-refractivity contribution is 7.92. The number of hydrogen-bond donors (Lipinski definition) is 1. The fraction of sp³-hybridized carbons (Fsp3) is 0.467. The van der Waals surface area contributed by atoms with E-state index in [9.17, 15) is 26.8 Å². The average Bonchev–Trinajstić information content (AvgIpc) is 2.56. The van der Waals surface area contributed by atoms with E-state index >= 15 is 0 Å². The smallest absolute Gasteiger partial charge is 0.253 e. The zero-order chi connectivity index (χ0) is 17.9. The standard InChI is InChI=1S/C15H18F2N2O4S/c1-18-14(20)9-24(22,23)11-4-6-19(7-5-11)15(21)10-2-3-12(16)13(17)8-10/h2-3,8,11H,4-7,9H2,1H3,(H,18,20). The Morgan fingerprint density at radius 2 is 1.83 bits per heavy atom. The number of piperidine rings is 1. The first-order valence-corrected chi connectivity index (χ1v) is 9.12. The van der Waals surface area contributed by atoms with Gasteiger partial charge in [-0.2, -0.15) is 0 Å². The second-order valence-corrected chi connectivity index (χ2v) is 7.88. The molecular formula is C15H18F2N2O4S. The lowest BCUT2D eigenvalue weighted by Crippen LogP contribution is -2.44. The summed E-state index contributed by atoms with van der Waals surface area (Å²) in [7, 11) is -2.22. The number of hydrogen-bond acceptors (Lipinski definition) is 4. The molecule has 0 aliphatic carbocycles. The van der Waals surface area contributed by atoms with Crippen LogP contribution in [0.5, 0.6) is 0 Å². The van der Waals surface area contributed by atoms with Crippen LogP contribution in [0.1, 0.15) is 23.2 Å². The molecule has 1 fully saturated rings. The molecule has 0 bridgehead atoms. The molecule has 1 N–H and O–H groups in total. The van der Waals surface area contributed by atoms with Crippen LogP contribution in [-0.4, -0.2) is 56.3 Å². The van der Waals surface area contributed by atoms with Gasteiger partial charge in [0.15, 0.2) is 21.5 Å². The van der Waals surface area contributed by atoms with Crippen molar-refractivity contribution >= 4 is 21.7 Å². The predicted octanol–water partition coefficient (Wildman–Crippen LogP) is 0.730. The minimum atomic E-state index is -3.58. The first-order valence-electron chi connectivity index (χ1n) is 7.41. The number of nitrogens with zero attached hydrogens (tertiary/aromatic N) is 1. The molecule has 9 heteroatoms. The maximum absolute atomic E-state index is 13.2. The molecule has 0 aromatic heterocycles. The third kappa shape index (κ3) is 4.08. The van der Waals surface area contributed by atoms with Gasteiger partial charge in [0.1, 0.15) is 5.75 Å². The average molecular weight is 360 g/mol. The highest BCUT2D eigenvalue weighted by Gasteiger charge is 2.33. The van der Waals surface area contributed by atoms with E-state index in [1.165, 1.54) is 18.0 Å². The first-order chi connectivity index (χ1) is 11.2. The van der Waals surface area contributed by atoms with Crippen molar-refractivity contribution in [2.75, 3.05) is 25.9 Å². The summed E-state index contributed by atoms with van der Waals surface area (Å²) >= 11 is 0. The third-order valence-corrected chi connectivity index (χ3v) is 6.17. The summed E-state index contributed by atoms with van der Waals surface area (Å²) in [6.45, 7) is 0.352. The molecule has 132 valence electrons. The van der Waals surface area contributed by atoms with Crippen LogP contribution < -0.4 is 5.32 Å². The Kier molecular flexibility index (Phi) is 5.53. The van der Waals surface area contributed by atoms with Gasteiger partial charge in [-0.1, -0.05) is 0 Å². The van der Waals surface area contributed by atoms with Crippen molar-refractivity contribution in [1.82, 2.24) is 10.2 Å². The fourth-order valence-electron chi connectivity index (χ4n) is 2.60.